The molecular weight excluding hydrogens is 330 g/mol. The van der Waals surface area contributed by atoms with E-state index in [9.17, 15) is 4.79 Å². The number of hydrogen-bond acceptors (Lipinski definition) is 2. The molecule has 0 saturated carbocycles. The Bertz CT molecular complexity index is 481. The Morgan fingerprint density at radius 2 is 2.16 bits per heavy atom. The molecular formula is C14H17BrClNO2. The van der Waals surface area contributed by atoms with E-state index in [1.807, 2.05) is 51.1 Å². The number of amides is 1. The van der Waals surface area contributed by atoms with Crippen LogP contribution in [0.5, 0.6) is 0 Å². The molecule has 1 aromatic rings. The lowest BCUT2D eigenvalue weighted by molar-refractivity contribution is 0.0534. The van der Waals surface area contributed by atoms with Gasteiger partial charge in [0.2, 0.25) is 0 Å². The predicted octanol–water partition coefficient (Wildman–Crippen LogP) is 4.64. The lowest BCUT2D eigenvalue weighted by Crippen LogP contribution is -2.32. The minimum Gasteiger partial charge on any atom is -0.444 e. The summed E-state index contributed by atoms with van der Waals surface area (Å²) in [6, 6.07) is 5.65. The molecule has 0 aliphatic rings. The van der Waals surface area contributed by atoms with E-state index < -0.39 is 11.7 Å². The van der Waals surface area contributed by atoms with Gasteiger partial charge in [-0.05, 0) is 54.4 Å². The minimum atomic E-state index is -0.479. The highest BCUT2D eigenvalue weighted by molar-refractivity contribution is 9.10. The second-order valence-electron chi connectivity index (χ2n) is 4.96. The first-order valence-electron chi connectivity index (χ1n) is 5.86. The normalized spacial score (nSPS) is 11.6. The number of rotatable bonds is 3. The van der Waals surface area contributed by atoms with Gasteiger partial charge in [0.05, 0.1) is 5.02 Å². The van der Waals surface area contributed by atoms with Crippen LogP contribution in [-0.2, 0) is 4.74 Å². The van der Waals surface area contributed by atoms with E-state index in [2.05, 4.69) is 21.2 Å². The summed E-state index contributed by atoms with van der Waals surface area (Å²) in [5.74, 6) is 0. The van der Waals surface area contributed by atoms with Gasteiger partial charge in [0.25, 0.3) is 0 Å². The number of hydrogen-bond donors (Lipinski definition) is 1. The average Bonchev–Trinajstić information content (AvgIpc) is 2.27. The van der Waals surface area contributed by atoms with Crippen LogP contribution in [0.3, 0.4) is 0 Å². The van der Waals surface area contributed by atoms with Crippen molar-refractivity contribution in [2.24, 2.45) is 0 Å². The van der Waals surface area contributed by atoms with Crippen molar-refractivity contribution in [3.8, 4) is 0 Å². The lowest BCUT2D eigenvalue weighted by atomic mass is 10.2. The van der Waals surface area contributed by atoms with Crippen LogP contribution in [0, 0.1) is 0 Å². The van der Waals surface area contributed by atoms with E-state index in [0.717, 1.165) is 10.0 Å². The van der Waals surface area contributed by atoms with Gasteiger partial charge in [-0.3, -0.25) is 0 Å². The van der Waals surface area contributed by atoms with Crippen molar-refractivity contribution in [3.63, 3.8) is 0 Å². The standard InChI is InChI=1S/C14H17BrClNO2/c1-14(2,3)19-13(18)17-8-4-5-10-6-7-11(15)12(16)9-10/h4-7,9H,8H2,1-3H3,(H,17,18). The SMILES string of the molecule is CC(C)(C)OC(=O)NCC=Cc1ccc(Br)c(Cl)c1. The third-order valence-corrected chi connectivity index (χ3v) is 3.25. The molecule has 0 bridgehead atoms. The minimum absolute atomic E-state index is 0.405. The molecule has 104 valence electrons. The molecule has 0 heterocycles. The summed E-state index contributed by atoms with van der Waals surface area (Å²) in [6.07, 6.45) is 3.30. The largest absolute Gasteiger partial charge is 0.444 e. The third-order valence-electron chi connectivity index (χ3n) is 2.02. The molecule has 0 fully saturated rings. The summed E-state index contributed by atoms with van der Waals surface area (Å²) in [6.45, 7) is 5.88. The van der Waals surface area contributed by atoms with E-state index in [0.29, 0.717) is 11.6 Å². The summed E-state index contributed by atoms with van der Waals surface area (Å²) in [5.41, 5.74) is 0.492. The Hall–Kier alpha value is -1.000. The van der Waals surface area contributed by atoms with Gasteiger partial charge >= 0.3 is 6.09 Å². The third kappa shape index (κ3) is 6.64. The molecule has 5 heteroatoms. The van der Waals surface area contributed by atoms with Crippen molar-refractivity contribution in [2.75, 3.05) is 6.54 Å². The molecule has 1 aromatic carbocycles. The fraction of sp³-hybridized carbons (Fsp3) is 0.357. The zero-order valence-corrected chi connectivity index (χ0v) is 13.5. The van der Waals surface area contributed by atoms with Crippen LogP contribution in [0.2, 0.25) is 5.02 Å². The van der Waals surface area contributed by atoms with Crippen molar-refractivity contribution in [2.45, 2.75) is 26.4 Å². The second-order valence-corrected chi connectivity index (χ2v) is 6.22. The van der Waals surface area contributed by atoms with Crippen molar-refractivity contribution in [1.82, 2.24) is 5.32 Å². The first-order valence-corrected chi connectivity index (χ1v) is 7.03. The first-order chi connectivity index (χ1) is 8.78. The summed E-state index contributed by atoms with van der Waals surface area (Å²) >= 11 is 9.31. The fourth-order valence-electron chi connectivity index (χ4n) is 1.27. The lowest BCUT2D eigenvalue weighted by Gasteiger charge is -2.19. The zero-order chi connectivity index (χ0) is 14.5. The molecule has 0 saturated heterocycles. The molecule has 1 amide bonds. The molecule has 1 rings (SSSR count). The van der Waals surface area contributed by atoms with Gasteiger partial charge in [-0.25, -0.2) is 4.79 Å². The zero-order valence-electron chi connectivity index (χ0n) is 11.2. The molecule has 1 N–H and O–H groups in total. The van der Waals surface area contributed by atoms with Gasteiger partial charge in [0, 0.05) is 11.0 Å². The second kappa shape index (κ2) is 6.96. The maximum atomic E-state index is 11.4. The van der Waals surface area contributed by atoms with Gasteiger partial charge in [-0.1, -0.05) is 29.8 Å². The van der Waals surface area contributed by atoms with E-state index in [-0.39, 0.29) is 0 Å². The van der Waals surface area contributed by atoms with Gasteiger partial charge < -0.3 is 10.1 Å². The van der Waals surface area contributed by atoms with Crippen LogP contribution in [0.4, 0.5) is 4.79 Å². The Labute approximate surface area is 127 Å². The monoisotopic (exact) mass is 345 g/mol. The highest BCUT2D eigenvalue weighted by Gasteiger charge is 2.14. The van der Waals surface area contributed by atoms with Gasteiger partial charge in [0.15, 0.2) is 0 Å². The van der Waals surface area contributed by atoms with Gasteiger partial charge in [-0.15, -0.1) is 0 Å². The number of carbonyl (C=O) groups is 1. The molecule has 0 spiro atoms. The smallest absolute Gasteiger partial charge is 0.407 e. The number of benzene rings is 1. The number of halogens is 2. The number of ether oxygens (including phenoxy) is 1. The van der Waals surface area contributed by atoms with Crippen LogP contribution in [0.25, 0.3) is 6.08 Å². The molecule has 0 unspecified atom stereocenters. The number of alkyl carbamates (subject to hydrolysis) is 1. The van der Waals surface area contributed by atoms with Crippen LogP contribution in [-0.4, -0.2) is 18.2 Å². The maximum Gasteiger partial charge on any atom is 0.407 e. The van der Waals surface area contributed by atoms with Crippen LogP contribution < -0.4 is 5.32 Å². The Morgan fingerprint density at radius 3 is 2.74 bits per heavy atom. The summed E-state index contributed by atoms with van der Waals surface area (Å²) < 4.78 is 5.97. The van der Waals surface area contributed by atoms with E-state index in [4.69, 9.17) is 16.3 Å². The molecule has 0 aliphatic heterocycles. The molecule has 0 radical (unpaired) electrons. The van der Waals surface area contributed by atoms with Crippen molar-refractivity contribution in [3.05, 3.63) is 39.3 Å². The van der Waals surface area contributed by atoms with Crippen LogP contribution in [0.1, 0.15) is 26.3 Å². The van der Waals surface area contributed by atoms with Crippen molar-refractivity contribution < 1.29 is 9.53 Å². The Kier molecular flexibility index (Phi) is 5.88. The average molecular weight is 347 g/mol. The van der Waals surface area contributed by atoms with Crippen LogP contribution >= 0.6 is 27.5 Å². The quantitative estimate of drug-likeness (QED) is 0.866. The predicted molar refractivity (Wildman–Crippen MR) is 82.4 cm³/mol. The molecule has 0 atom stereocenters. The summed E-state index contributed by atoms with van der Waals surface area (Å²) in [4.78, 5) is 11.4. The van der Waals surface area contributed by atoms with Gasteiger partial charge in [0.1, 0.15) is 5.60 Å². The number of carbonyl (C=O) groups excluding carboxylic acids is 1. The van der Waals surface area contributed by atoms with E-state index in [1.54, 1.807) is 0 Å². The highest BCUT2D eigenvalue weighted by atomic mass is 79.9. The topological polar surface area (TPSA) is 38.3 Å². The first kappa shape index (κ1) is 16.1. The fourth-order valence-corrected chi connectivity index (χ4v) is 1.70. The Balaban J connectivity index is 2.42. The van der Waals surface area contributed by atoms with E-state index >= 15 is 0 Å². The molecule has 0 aromatic heterocycles. The molecule has 0 aliphatic carbocycles. The molecule has 19 heavy (non-hydrogen) atoms. The van der Waals surface area contributed by atoms with E-state index in [1.165, 1.54) is 0 Å². The highest BCUT2D eigenvalue weighted by Crippen LogP contribution is 2.23. The summed E-state index contributed by atoms with van der Waals surface area (Å²) in [5, 5.41) is 3.30. The van der Waals surface area contributed by atoms with Crippen LogP contribution in [0.15, 0.2) is 28.7 Å². The Morgan fingerprint density at radius 1 is 1.47 bits per heavy atom. The van der Waals surface area contributed by atoms with Crippen molar-refractivity contribution >= 4 is 39.7 Å². The number of nitrogens with one attached hydrogen (secondary N) is 1. The van der Waals surface area contributed by atoms with Crippen molar-refractivity contribution in [1.29, 1.82) is 0 Å². The summed E-state index contributed by atoms with van der Waals surface area (Å²) in [7, 11) is 0. The molecule has 3 nitrogen and oxygen atoms in total. The van der Waals surface area contributed by atoms with Gasteiger partial charge in [-0.2, -0.15) is 0 Å². The maximum absolute atomic E-state index is 11.4.